The Bertz CT molecular complexity index is 436. The van der Waals surface area contributed by atoms with Crippen LogP contribution in [0.1, 0.15) is 16.8 Å². The number of hydrogen-bond donors (Lipinski definition) is 1. The fraction of sp³-hybridized carbons (Fsp3) is 0.417. The number of carbonyl (C=O) groups is 1. The molecular formula is C12H14ClNO3. The molecular weight excluding hydrogens is 242 g/mol. The van der Waals surface area contributed by atoms with E-state index in [4.69, 9.17) is 16.3 Å². The monoisotopic (exact) mass is 255 g/mol. The Balaban J connectivity index is 2.17. The van der Waals surface area contributed by atoms with E-state index in [1.807, 2.05) is 0 Å². The van der Waals surface area contributed by atoms with Gasteiger partial charge in [0, 0.05) is 20.2 Å². The van der Waals surface area contributed by atoms with Gasteiger partial charge in [0.25, 0.3) is 5.91 Å². The summed E-state index contributed by atoms with van der Waals surface area (Å²) in [6.45, 7) is 1.23. The van der Waals surface area contributed by atoms with Crippen LogP contribution in [0, 0.1) is 0 Å². The van der Waals surface area contributed by atoms with Gasteiger partial charge in [-0.25, -0.2) is 0 Å². The predicted molar refractivity (Wildman–Crippen MR) is 64.4 cm³/mol. The van der Waals surface area contributed by atoms with Crippen molar-refractivity contribution in [1.29, 1.82) is 0 Å². The minimum absolute atomic E-state index is 0.0419. The third kappa shape index (κ3) is 2.53. The van der Waals surface area contributed by atoms with E-state index in [0.29, 0.717) is 23.7 Å². The van der Waals surface area contributed by atoms with E-state index in [0.717, 1.165) is 6.42 Å². The third-order valence-corrected chi connectivity index (χ3v) is 3.28. The van der Waals surface area contributed by atoms with E-state index in [1.165, 1.54) is 18.2 Å². The van der Waals surface area contributed by atoms with Crippen molar-refractivity contribution in [2.45, 2.75) is 12.5 Å². The lowest BCUT2D eigenvalue weighted by Gasteiger charge is -2.17. The van der Waals surface area contributed by atoms with Gasteiger partial charge in [0.15, 0.2) is 0 Å². The Hall–Kier alpha value is -1.26. The van der Waals surface area contributed by atoms with Crippen molar-refractivity contribution in [3.05, 3.63) is 28.8 Å². The molecule has 0 aromatic heterocycles. The number of rotatable bonds is 2. The van der Waals surface area contributed by atoms with Crippen LogP contribution < -0.4 is 0 Å². The smallest absolute Gasteiger partial charge is 0.255 e. The average molecular weight is 256 g/mol. The normalized spacial score (nSPS) is 19.6. The molecule has 1 aliphatic rings. The first-order valence-corrected chi connectivity index (χ1v) is 5.80. The second-order valence-electron chi connectivity index (χ2n) is 4.06. The third-order valence-electron chi connectivity index (χ3n) is 2.95. The van der Waals surface area contributed by atoms with Gasteiger partial charge >= 0.3 is 0 Å². The quantitative estimate of drug-likeness (QED) is 0.878. The molecule has 0 aliphatic carbocycles. The lowest BCUT2D eigenvalue weighted by atomic mass is 10.2. The number of methoxy groups -OCH3 is 1. The first-order valence-electron chi connectivity index (χ1n) is 5.42. The highest BCUT2D eigenvalue weighted by atomic mass is 35.5. The number of carbonyl (C=O) groups excluding carboxylic acids is 1. The molecule has 0 radical (unpaired) electrons. The van der Waals surface area contributed by atoms with Crippen molar-refractivity contribution in [2.24, 2.45) is 0 Å². The van der Waals surface area contributed by atoms with E-state index in [2.05, 4.69) is 0 Å². The van der Waals surface area contributed by atoms with Crippen LogP contribution in [-0.2, 0) is 4.74 Å². The molecule has 1 aromatic carbocycles. The molecule has 17 heavy (non-hydrogen) atoms. The number of benzene rings is 1. The molecule has 1 N–H and O–H groups in total. The largest absolute Gasteiger partial charge is 0.508 e. The number of amides is 1. The van der Waals surface area contributed by atoms with Gasteiger partial charge in [-0.3, -0.25) is 4.79 Å². The van der Waals surface area contributed by atoms with Gasteiger partial charge in [0.2, 0.25) is 0 Å². The fourth-order valence-electron chi connectivity index (χ4n) is 1.95. The van der Waals surface area contributed by atoms with E-state index in [1.54, 1.807) is 12.0 Å². The van der Waals surface area contributed by atoms with Gasteiger partial charge in [-0.05, 0) is 24.6 Å². The van der Waals surface area contributed by atoms with Gasteiger partial charge < -0.3 is 14.7 Å². The highest BCUT2D eigenvalue weighted by molar-refractivity contribution is 6.33. The molecule has 1 saturated heterocycles. The molecule has 4 nitrogen and oxygen atoms in total. The minimum Gasteiger partial charge on any atom is -0.508 e. The van der Waals surface area contributed by atoms with Gasteiger partial charge in [-0.2, -0.15) is 0 Å². The van der Waals surface area contributed by atoms with Crippen LogP contribution in [0.25, 0.3) is 0 Å². The zero-order chi connectivity index (χ0) is 12.4. The van der Waals surface area contributed by atoms with Crippen LogP contribution in [0.4, 0.5) is 0 Å². The summed E-state index contributed by atoms with van der Waals surface area (Å²) in [4.78, 5) is 13.8. The van der Waals surface area contributed by atoms with Crippen LogP contribution >= 0.6 is 11.6 Å². The summed E-state index contributed by atoms with van der Waals surface area (Å²) in [5.74, 6) is -0.120. The molecule has 2 rings (SSSR count). The van der Waals surface area contributed by atoms with E-state index in [-0.39, 0.29) is 17.8 Å². The first-order chi connectivity index (χ1) is 8.11. The summed E-state index contributed by atoms with van der Waals surface area (Å²) >= 11 is 5.95. The molecule has 1 fully saturated rings. The maximum atomic E-state index is 12.2. The van der Waals surface area contributed by atoms with E-state index >= 15 is 0 Å². The molecule has 0 bridgehead atoms. The number of nitrogens with zero attached hydrogens (tertiary/aromatic N) is 1. The van der Waals surface area contributed by atoms with Crippen LogP contribution in [0.15, 0.2) is 18.2 Å². The molecule has 1 atom stereocenters. The van der Waals surface area contributed by atoms with Crippen LogP contribution in [0.2, 0.25) is 5.02 Å². The Morgan fingerprint density at radius 1 is 1.59 bits per heavy atom. The summed E-state index contributed by atoms with van der Waals surface area (Å²) in [5, 5.41) is 9.73. The summed E-state index contributed by atoms with van der Waals surface area (Å²) in [7, 11) is 1.64. The summed E-state index contributed by atoms with van der Waals surface area (Å²) < 4.78 is 5.21. The van der Waals surface area contributed by atoms with Crippen LogP contribution in [-0.4, -0.2) is 42.2 Å². The topological polar surface area (TPSA) is 49.8 Å². The lowest BCUT2D eigenvalue weighted by molar-refractivity contribution is 0.0724. The van der Waals surface area contributed by atoms with Crippen LogP contribution in [0.3, 0.4) is 0 Å². The molecule has 1 heterocycles. The zero-order valence-electron chi connectivity index (χ0n) is 9.52. The second kappa shape index (κ2) is 4.94. The predicted octanol–water partition coefficient (Wildman–Crippen LogP) is 1.91. The molecule has 92 valence electrons. The molecule has 0 saturated carbocycles. The summed E-state index contributed by atoms with van der Waals surface area (Å²) in [5.41, 5.74) is 0.336. The van der Waals surface area contributed by atoms with Crippen LogP contribution in [0.5, 0.6) is 5.75 Å². The highest BCUT2D eigenvalue weighted by Crippen LogP contribution is 2.24. The second-order valence-corrected chi connectivity index (χ2v) is 4.47. The Morgan fingerprint density at radius 2 is 2.35 bits per heavy atom. The summed E-state index contributed by atoms with van der Waals surface area (Å²) in [6, 6.07) is 4.37. The molecule has 5 heteroatoms. The van der Waals surface area contributed by atoms with Crippen molar-refractivity contribution >= 4 is 17.5 Å². The fourth-order valence-corrected chi connectivity index (χ4v) is 2.15. The number of phenols is 1. The van der Waals surface area contributed by atoms with Crippen molar-refractivity contribution < 1.29 is 14.6 Å². The number of aromatic hydroxyl groups is 1. The van der Waals surface area contributed by atoms with E-state index < -0.39 is 0 Å². The lowest BCUT2D eigenvalue weighted by Crippen LogP contribution is -2.30. The molecule has 1 aromatic rings. The molecule has 1 amide bonds. The number of likely N-dealkylation sites (tertiary alicyclic amines) is 1. The van der Waals surface area contributed by atoms with Gasteiger partial charge in [-0.15, -0.1) is 0 Å². The maximum absolute atomic E-state index is 12.2. The van der Waals surface area contributed by atoms with Gasteiger partial charge in [0.1, 0.15) is 5.75 Å². The molecule has 0 spiro atoms. The summed E-state index contributed by atoms with van der Waals surface area (Å²) in [6.07, 6.45) is 0.925. The van der Waals surface area contributed by atoms with E-state index in [9.17, 15) is 9.90 Å². The zero-order valence-corrected chi connectivity index (χ0v) is 10.3. The Kier molecular flexibility index (Phi) is 3.54. The Morgan fingerprint density at radius 3 is 3.00 bits per heavy atom. The van der Waals surface area contributed by atoms with Crippen molar-refractivity contribution in [3.63, 3.8) is 0 Å². The number of hydrogen-bond acceptors (Lipinski definition) is 3. The number of phenolic OH excluding ortho intramolecular Hbond substituents is 1. The minimum atomic E-state index is -0.162. The standard InChI is InChI=1S/C12H14ClNO3/c1-17-9-4-5-14(7-9)12(16)10-6-8(15)2-3-11(10)13/h2-3,6,9,15H,4-5,7H2,1H3. The van der Waals surface area contributed by atoms with Crippen molar-refractivity contribution in [2.75, 3.05) is 20.2 Å². The van der Waals surface area contributed by atoms with Crippen molar-refractivity contribution in [3.8, 4) is 5.75 Å². The average Bonchev–Trinajstić information content (AvgIpc) is 2.80. The highest BCUT2D eigenvalue weighted by Gasteiger charge is 2.27. The maximum Gasteiger partial charge on any atom is 0.255 e. The van der Waals surface area contributed by atoms with Gasteiger partial charge in [0.05, 0.1) is 16.7 Å². The number of halogens is 1. The number of ether oxygens (including phenoxy) is 1. The molecule has 1 aliphatic heterocycles. The van der Waals surface area contributed by atoms with Crippen molar-refractivity contribution in [1.82, 2.24) is 4.90 Å². The first kappa shape index (κ1) is 12.2. The SMILES string of the molecule is COC1CCN(C(=O)c2cc(O)ccc2Cl)C1. The molecule has 1 unspecified atom stereocenters. The Labute approximate surface area is 105 Å². The van der Waals surface area contributed by atoms with Gasteiger partial charge in [-0.1, -0.05) is 11.6 Å².